The zero-order chi connectivity index (χ0) is 15.4. The van der Waals surface area contributed by atoms with E-state index in [9.17, 15) is 14.9 Å². The Morgan fingerprint density at radius 3 is 2.43 bits per heavy atom. The fraction of sp³-hybridized carbons (Fsp3) is 0.0625. The van der Waals surface area contributed by atoms with Gasteiger partial charge in [-0.15, -0.1) is 6.42 Å². The third-order valence-electron chi connectivity index (χ3n) is 2.86. The lowest BCUT2D eigenvalue weighted by molar-refractivity contribution is -0.384. The first-order valence-corrected chi connectivity index (χ1v) is 6.05. The van der Waals surface area contributed by atoms with Gasteiger partial charge in [-0.1, -0.05) is 5.92 Å². The zero-order valence-electron chi connectivity index (χ0n) is 11.2. The molecule has 0 radical (unpaired) electrons. The van der Waals surface area contributed by atoms with Crippen LogP contribution in [-0.2, 0) is 0 Å². The van der Waals surface area contributed by atoms with Crippen LogP contribution in [0.5, 0.6) is 5.75 Å². The highest BCUT2D eigenvalue weighted by Crippen LogP contribution is 2.24. The molecule has 0 aliphatic carbocycles. The Labute approximate surface area is 121 Å². The lowest BCUT2D eigenvalue weighted by atomic mass is 10.1. The van der Waals surface area contributed by atoms with Gasteiger partial charge in [0.1, 0.15) is 5.75 Å². The number of carbonyl (C=O) groups excluding carboxylic acids is 1. The van der Waals surface area contributed by atoms with Gasteiger partial charge in [0.25, 0.3) is 5.69 Å². The predicted molar refractivity (Wildman–Crippen MR) is 77.2 cm³/mol. The maximum absolute atomic E-state index is 12.0. The number of terminal acetylenes is 1. The van der Waals surface area contributed by atoms with Crippen molar-refractivity contribution in [1.82, 2.24) is 0 Å². The summed E-state index contributed by atoms with van der Waals surface area (Å²) in [5.41, 5.74) is 1.48. The van der Waals surface area contributed by atoms with Crippen LogP contribution in [-0.4, -0.2) is 10.9 Å². The molecular weight excluding hydrogens is 270 g/mol. The molecule has 0 aliphatic heterocycles. The van der Waals surface area contributed by atoms with Gasteiger partial charge in [0.2, 0.25) is 0 Å². The second kappa shape index (κ2) is 5.88. The number of aryl methyl sites for hydroxylation is 1. The topological polar surface area (TPSA) is 69.4 Å². The van der Waals surface area contributed by atoms with Crippen LogP contribution in [0.4, 0.5) is 5.69 Å². The summed E-state index contributed by atoms with van der Waals surface area (Å²) in [5.74, 6) is 2.19. The van der Waals surface area contributed by atoms with Crippen LogP contribution in [0.3, 0.4) is 0 Å². The van der Waals surface area contributed by atoms with Crippen molar-refractivity contribution >= 4 is 11.7 Å². The first-order valence-electron chi connectivity index (χ1n) is 6.05. The minimum Gasteiger partial charge on any atom is -0.423 e. The standard InChI is InChI=1S/C16H11NO4/c1-3-12-4-6-13(7-5-12)16(18)21-15-9-8-14(17(19)20)10-11(15)2/h1,4-10H,2H3. The van der Waals surface area contributed by atoms with E-state index >= 15 is 0 Å². The molecule has 0 amide bonds. The number of hydrogen-bond acceptors (Lipinski definition) is 4. The van der Waals surface area contributed by atoms with Crippen LogP contribution in [0.1, 0.15) is 21.5 Å². The number of esters is 1. The monoisotopic (exact) mass is 281 g/mol. The molecular formula is C16H11NO4. The van der Waals surface area contributed by atoms with Gasteiger partial charge in [0.15, 0.2) is 0 Å². The molecule has 0 aliphatic rings. The van der Waals surface area contributed by atoms with Crippen LogP contribution < -0.4 is 4.74 Å². The Morgan fingerprint density at radius 2 is 1.90 bits per heavy atom. The quantitative estimate of drug-likeness (QED) is 0.285. The van der Waals surface area contributed by atoms with E-state index in [1.165, 1.54) is 18.2 Å². The molecule has 0 fully saturated rings. The smallest absolute Gasteiger partial charge is 0.343 e. The van der Waals surface area contributed by atoms with E-state index in [4.69, 9.17) is 11.2 Å². The number of benzene rings is 2. The molecule has 2 rings (SSSR count). The number of nitro groups is 1. The number of non-ortho nitro benzene ring substituents is 1. The minimum absolute atomic E-state index is 0.0503. The van der Waals surface area contributed by atoms with Crippen molar-refractivity contribution in [1.29, 1.82) is 0 Å². The van der Waals surface area contributed by atoms with Crippen LogP contribution in [0.25, 0.3) is 0 Å². The lowest BCUT2D eigenvalue weighted by Gasteiger charge is -2.07. The third-order valence-corrected chi connectivity index (χ3v) is 2.86. The molecule has 0 N–H and O–H groups in total. The van der Waals surface area contributed by atoms with Crippen LogP contribution in [0.15, 0.2) is 42.5 Å². The molecule has 0 saturated carbocycles. The molecule has 104 valence electrons. The van der Waals surface area contributed by atoms with Gasteiger partial charge in [-0.2, -0.15) is 0 Å². The third kappa shape index (κ3) is 3.25. The molecule has 21 heavy (non-hydrogen) atoms. The fourth-order valence-corrected chi connectivity index (χ4v) is 1.72. The van der Waals surface area contributed by atoms with Gasteiger partial charge in [0, 0.05) is 17.7 Å². The zero-order valence-corrected chi connectivity index (χ0v) is 11.2. The minimum atomic E-state index is -0.546. The van der Waals surface area contributed by atoms with Crippen molar-refractivity contribution in [3.63, 3.8) is 0 Å². The predicted octanol–water partition coefficient (Wildman–Crippen LogP) is 3.10. The SMILES string of the molecule is C#Cc1ccc(C(=O)Oc2ccc([N+](=O)[O-])cc2C)cc1. The number of nitrogens with zero attached hydrogens (tertiary/aromatic N) is 1. The van der Waals surface area contributed by atoms with Crippen molar-refractivity contribution in [3.8, 4) is 18.1 Å². The molecule has 0 atom stereocenters. The molecule has 5 nitrogen and oxygen atoms in total. The largest absolute Gasteiger partial charge is 0.423 e. The average Bonchev–Trinajstić information content (AvgIpc) is 2.49. The molecule has 0 heterocycles. The second-order valence-corrected chi connectivity index (χ2v) is 4.32. The first-order chi connectivity index (χ1) is 10.0. The summed E-state index contributed by atoms with van der Waals surface area (Å²) in [4.78, 5) is 22.1. The van der Waals surface area contributed by atoms with E-state index in [-0.39, 0.29) is 11.4 Å². The molecule has 2 aromatic rings. The number of ether oxygens (including phenoxy) is 1. The van der Waals surface area contributed by atoms with Crippen molar-refractivity contribution in [3.05, 3.63) is 69.3 Å². The van der Waals surface area contributed by atoms with Crippen molar-refractivity contribution in [2.75, 3.05) is 0 Å². The second-order valence-electron chi connectivity index (χ2n) is 4.32. The average molecular weight is 281 g/mol. The molecule has 0 spiro atoms. The lowest BCUT2D eigenvalue weighted by Crippen LogP contribution is -2.09. The van der Waals surface area contributed by atoms with Gasteiger partial charge in [-0.05, 0) is 42.8 Å². The van der Waals surface area contributed by atoms with Gasteiger partial charge < -0.3 is 4.74 Å². The van der Waals surface area contributed by atoms with E-state index < -0.39 is 10.9 Å². The summed E-state index contributed by atoms with van der Waals surface area (Å²) >= 11 is 0. The molecule has 0 saturated heterocycles. The molecule has 5 heteroatoms. The van der Waals surface area contributed by atoms with Gasteiger partial charge in [0.05, 0.1) is 10.5 Å². The number of hydrogen-bond donors (Lipinski definition) is 0. The van der Waals surface area contributed by atoms with Crippen LogP contribution >= 0.6 is 0 Å². The molecule has 2 aromatic carbocycles. The number of rotatable bonds is 3. The Morgan fingerprint density at radius 1 is 1.24 bits per heavy atom. The van der Waals surface area contributed by atoms with Crippen molar-refractivity contribution in [2.24, 2.45) is 0 Å². The summed E-state index contributed by atoms with van der Waals surface area (Å²) < 4.78 is 5.23. The van der Waals surface area contributed by atoms with E-state index in [0.29, 0.717) is 16.7 Å². The maximum atomic E-state index is 12.0. The summed E-state index contributed by atoms with van der Waals surface area (Å²) in [6, 6.07) is 10.5. The van der Waals surface area contributed by atoms with E-state index in [1.54, 1.807) is 31.2 Å². The van der Waals surface area contributed by atoms with Crippen molar-refractivity contribution < 1.29 is 14.5 Å². The summed E-state index contributed by atoms with van der Waals surface area (Å²) in [5, 5.41) is 10.7. The van der Waals surface area contributed by atoms with E-state index in [2.05, 4.69) is 5.92 Å². The van der Waals surface area contributed by atoms with E-state index in [1.807, 2.05) is 0 Å². The normalized spacial score (nSPS) is 9.71. The highest BCUT2D eigenvalue weighted by molar-refractivity contribution is 5.91. The Bertz CT molecular complexity index is 742. The van der Waals surface area contributed by atoms with Gasteiger partial charge in [-0.3, -0.25) is 10.1 Å². The fourth-order valence-electron chi connectivity index (χ4n) is 1.72. The highest BCUT2D eigenvalue weighted by atomic mass is 16.6. The Balaban J connectivity index is 2.19. The number of nitro benzene ring substituents is 1. The summed E-state index contributed by atoms with van der Waals surface area (Å²) in [6.07, 6.45) is 5.24. The van der Waals surface area contributed by atoms with Gasteiger partial charge >= 0.3 is 5.97 Å². The van der Waals surface area contributed by atoms with E-state index in [0.717, 1.165) is 0 Å². The van der Waals surface area contributed by atoms with Crippen molar-refractivity contribution in [2.45, 2.75) is 6.92 Å². The number of carbonyl (C=O) groups is 1. The summed E-state index contributed by atoms with van der Waals surface area (Å²) in [6.45, 7) is 1.64. The Kier molecular flexibility index (Phi) is 4.00. The van der Waals surface area contributed by atoms with Crippen LogP contribution in [0.2, 0.25) is 0 Å². The Hall–Kier alpha value is -3.13. The maximum Gasteiger partial charge on any atom is 0.343 e. The summed E-state index contributed by atoms with van der Waals surface area (Å²) in [7, 11) is 0. The highest BCUT2D eigenvalue weighted by Gasteiger charge is 2.13. The molecule has 0 unspecified atom stereocenters. The molecule has 0 bridgehead atoms. The van der Waals surface area contributed by atoms with Gasteiger partial charge in [-0.25, -0.2) is 4.79 Å². The molecule has 0 aromatic heterocycles. The van der Waals surface area contributed by atoms with Crippen LogP contribution in [0, 0.1) is 29.4 Å². The first kappa shape index (κ1) is 14.3.